The zero-order valence-electron chi connectivity index (χ0n) is 13.6. The first-order valence-corrected chi connectivity index (χ1v) is 7.48. The molecule has 2 aromatic rings. The summed E-state index contributed by atoms with van der Waals surface area (Å²) < 4.78 is 6.95. The number of hydrogen-bond acceptors (Lipinski definition) is 3. The van der Waals surface area contributed by atoms with Crippen LogP contribution in [-0.4, -0.2) is 29.3 Å². The number of aromatic nitrogens is 2. The quantitative estimate of drug-likeness (QED) is 0.892. The number of amides is 1. The van der Waals surface area contributed by atoms with E-state index < -0.39 is 0 Å². The van der Waals surface area contributed by atoms with Crippen LogP contribution in [0.25, 0.3) is 11.3 Å². The number of aryl methyl sites for hydroxylation is 1. The van der Waals surface area contributed by atoms with Crippen molar-refractivity contribution in [3.8, 4) is 17.0 Å². The van der Waals surface area contributed by atoms with Crippen LogP contribution in [0.2, 0.25) is 0 Å². The summed E-state index contributed by atoms with van der Waals surface area (Å²) in [5.74, 6) is 1.21. The molecule has 0 aliphatic heterocycles. The maximum absolute atomic E-state index is 12.1. The van der Waals surface area contributed by atoms with Gasteiger partial charge in [0.25, 0.3) is 5.91 Å². The van der Waals surface area contributed by atoms with Crippen molar-refractivity contribution in [3.05, 3.63) is 36.0 Å². The van der Waals surface area contributed by atoms with Gasteiger partial charge in [-0.2, -0.15) is 5.10 Å². The van der Waals surface area contributed by atoms with Gasteiger partial charge in [0.1, 0.15) is 5.75 Å². The first-order chi connectivity index (χ1) is 10.5. The van der Waals surface area contributed by atoms with Crippen molar-refractivity contribution >= 4 is 5.91 Å². The maximum Gasteiger partial charge on any atom is 0.271 e. The Balaban J connectivity index is 2.15. The highest BCUT2D eigenvalue weighted by molar-refractivity contribution is 5.93. The highest BCUT2D eigenvalue weighted by Crippen LogP contribution is 2.24. The molecule has 0 radical (unpaired) electrons. The predicted molar refractivity (Wildman–Crippen MR) is 87.0 cm³/mol. The first kappa shape index (κ1) is 16.1. The third kappa shape index (κ3) is 3.87. The molecule has 1 aromatic heterocycles. The Hall–Kier alpha value is -2.30. The van der Waals surface area contributed by atoms with Crippen LogP contribution in [0.3, 0.4) is 0 Å². The van der Waals surface area contributed by atoms with Crippen LogP contribution in [0, 0.1) is 5.92 Å². The Morgan fingerprint density at radius 1 is 1.36 bits per heavy atom. The maximum atomic E-state index is 12.1. The van der Waals surface area contributed by atoms with Crippen molar-refractivity contribution < 1.29 is 9.53 Å². The number of benzene rings is 1. The van der Waals surface area contributed by atoms with Crippen LogP contribution in [0.4, 0.5) is 0 Å². The van der Waals surface area contributed by atoms with Crippen molar-refractivity contribution in [3.63, 3.8) is 0 Å². The molecule has 5 heteroatoms. The fourth-order valence-corrected chi connectivity index (χ4v) is 2.20. The Kier molecular flexibility index (Phi) is 5.20. The van der Waals surface area contributed by atoms with Gasteiger partial charge in [-0.25, -0.2) is 0 Å². The van der Waals surface area contributed by atoms with E-state index in [0.29, 0.717) is 18.2 Å². The van der Waals surface area contributed by atoms with E-state index >= 15 is 0 Å². The van der Waals surface area contributed by atoms with E-state index in [4.69, 9.17) is 4.74 Å². The van der Waals surface area contributed by atoms with Gasteiger partial charge in [-0.1, -0.05) is 26.0 Å². The van der Waals surface area contributed by atoms with E-state index in [0.717, 1.165) is 23.4 Å². The van der Waals surface area contributed by atoms with E-state index in [9.17, 15) is 4.79 Å². The summed E-state index contributed by atoms with van der Waals surface area (Å²) in [5, 5.41) is 7.21. The third-order valence-corrected chi connectivity index (χ3v) is 3.49. The van der Waals surface area contributed by atoms with E-state index in [1.807, 2.05) is 31.3 Å². The zero-order chi connectivity index (χ0) is 16.1. The predicted octanol–water partition coefficient (Wildman–Crippen LogP) is 2.87. The highest BCUT2D eigenvalue weighted by atomic mass is 16.5. The summed E-state index contributed by atoms with van der Waals surface area (Å²) in [6.07, 6.45) is 0.960. The summed E-state index contributed by atoms with van der Waals surface area (Å²) in [4.78, 5) is 12.1. The molecule has 0 aliphatic rings. The van der Waals surface area contributed by atoms with Gasteiger partial charge in [-0.15, -0.1) is 0 Å². The first-order valence-electron chi connectivity index (χ1n) is 7.48. The molecule has 0 unspecified atom stereocenters. The van der Waals surface area contributed by atoms with Crippen molar-refractivity contribution in [2.75, 3.05) is 13.7 Å². The van der Waals surface area contributed by atoms with Crippen LogP contribution in [-0.2, 0) is 7.05 Å². The second-order valence-corrected chi connectivity index (χ2v) is 5.71. The second kappa shape index (κ2) is 7.11. The molecule has 0 aliphatic carbocycles. The van der Waals surface area contributed by atoms with Crippen molar-refractivity contribution in [1.82, 2.24) is 15.1 Å². The molecule has 0 spiro atoms. The molecule has 22 heavy (non-hydrogen) atoms. The lowest BCUT2D eigenvalue weighted by molar-refractivity contribution is 0.0946. The molecule has 118 valence electrons. The number of methoxy groups -OCH3 is 1. The fraction of sp³-hybridized carbons (Fsp3) is 0.412. The zero-order valence-corrected chi connectivity index (χ0v) is 13.6. The van der Waals surface area contributed by atoms with Crippen molar-refractivity contribution in [2.45, 2.75) is 20.3 Å². The topological polar surface area (TPSA) is 56.1 Å². The van der Waals surface area contributed by atoms with E-state index in [-0.39, 0.29) is 5.91 Å². The number of rotatable bonds is 6. The molecule has 2 rings (SSSR count). The lowest BCUT2D eigenvalue weighted by atomic mass is 10.1. The van der Waals surface area contributed by atoms with E-state index in [1.54, 1.807) is 17.9 Å². The van der Waals surface area contributed by atoms with E-state index in [1.165, 1.54) is 0 Å². The minimum Gasteiger partial charge on any atom is -0.497 e. The molecule has 0 saturated carbocycles. The molecule has 1 aromatic carbocycles. The van der Waals surface area contributed by atoms with Gasteiger partial charge in [-0.05, 0) is 30.5 Å². The molecular formula is C17H23N3O2. The number of nitrogens with one attached hydrogen (secondary N) is 1. The number of carbonyl (C=O) groups excluding carboxylic acids is 1. The normalized spacial score (nSPS) is 10.8. The molecule has 1 N–H and O–H groups in total. The van der Waals surface area contributed by atoms with Crippen LogP contribution in [0.5, 0.6) is 5.75 Å². The highest BCUT2D eigenvalue weighted by Gasteiger charge is 2.14. The Bertz CT molecular complexity index is 647. The molecule has 1 heterocycles. The van der Waals surface area contributed by atoms with Gasteiger partial charge in [0.05, 0.1) is 12.8 Å². The van der Waals surface area contributed by atoms with E-state index in [2.05, 4.69) is 24.3 Å². The molecular weight excluding hydrogens is 278 g/mol. The lowest BCUT2D eigenvalue weighted by Crippen LogP contribution is -2.25. The largest absolute Gasteiger partial charge is 0.497 e. The SMILES string of the molecule is COc1cccc(-c2cc(C(=O)NCCC(C)C)nn2C)c1. The van der Waals surface area contributed by atoms with Gasteiger partial charge < -0.3 is 10.1 Å². The molecule has 5 nitrogen and oxygen atoms in total. The number of hydrogen-bond donors (Lipinski definition) is 1. The van der Waals surface area contributed by atoms with Crippen LogP contribution >= 0.6 is 0 Å². The molecule has 0 bridgehead atoms. The Morgan fingerprint density at radius 2 is 2.14 bits per heavy atom. The Labute approximate surface area is 131 Å². The number of ether oxygens (including phenoxy) is 1. The van der Waals surface area contributed by atoms with Gasteiger partial charge in [0.2, 0.25) is 0 Å². The van der Waals surface area contributed by atoms with Gasteiger partial charge in [0.15, 0.2) is 5.69 Å². The van der Waals surface area contributed by atoms with Gasteiger partial charge in [0, 0.05) is 19.2 Å². The van der Waals surface area contributed by atoms with Crippen molar-refractivity contribution in [1.29, 1.82) is 0 Å². The number of nitrogens with zero attached hydrogens (tertiary/aromatic N) is 2. The lowest BCUT2D eigenvalue weighted by Gasteiger charge is -2.05. The van der Waals surface area contributed by atoms with Gasteiger partial charge in [-0.3, -0.25) is 9.48 Å². The molecule has 1 amide bonds. The molecule has 0 atom stereocenters. The minimum absolute atomic E-state index is 0.134. The van der Waals surface area contributed by atoms with Crippen LogP contribution < -0.4 is 10.1 Å². The second-order valence-electron chi connectivity index (χ2n) is 5.71. The summed E-state index contributed by atoms with van der Waals surface area (Å²) in [7, 11) is 3.47. The summed E-state index contributed by atoms with van der Waals surface area (Å²) in [6.45, 7) is 4.93. The van der Waals surface area contributed by atoms with Crippen LogP contribution in [0.1, 0.15) is 30.8 Å². The average molecular weight is 301 g/mol. The summed E-state index contributed by atoms with van der Waals surface area (Å²) in [6, 6.07) is 9.51. The Morgan fingerprint density at radius 3 is 2.82 bits per heavy atom. The third-order valence-electron chi connectivity index (χ3n) is 3.49. The molecule has 0 saturated heterocycles. The van der Waals surface area contributed by atoms with Crippen LogP contribution in [0.15, 0.2) is 30.3 Å². The van der Waals surface area contributed by atoms with Crippen molar-refractivity contribution in [2.24, 2.45) is 13.0 Å². The van der Waals surface area contributed by atoms with Gasteiger partial charge >= 0.3 is 0 Å². The summed E-state index contributed by atoms with van der Waals surface area (Å²) in [5.41, 5.74) is 2.28. The fourth-order valence-electron chi connectivity index (χ4n) is 2.20. The monoisotopic (exact) mass is 301 g/mol. The smallest absolute Gasteiger partial charge is 0.271 e. The minimum atomic E-state index is -0.134. The molecule has 0 fully saturated rings. The standard InChI is InChI=1S/C17H23N3O2/c1-12(2)8-9-18-17(21)15-11-16(20(3)19-15)13-6-5-7-14(10-13)22-4/h5-7,10-12H,8-9H2,1-4H3,(H,18,21). The number of carbonyl (C=O) groups is 1. The average Bonchev–Trinajstić information content (AvgIpc) is 2.89. The summed E-state index contributed by atoms with van der Waals surface area (Å²) >= 11 is 0.